The summed E-state index contributed by atoms with van der Waals surface area (Å²) < 4.78 is 5.22. The Morgan fingerprint density at radius 1 is 1.15 bits per heavy atom. The Labute approximate surface area is 152 Å². The molecular weight excluding hydrogens is 340 g/mol. The second kappa shape index (κ2) is 11.0. The van der Waals surface area contributed by atoms with Crippen molar-refractivity contribution >= 4 is 5.97 Å². The highest BCUT2D eigenvalue weighted by atomic mass is 16.6. The lowest BCUT2D eigenvalue weighted by Gasteiger charge is -2.13. The van der Waals surface area contributed by atoms with E-state index in [1.807, 2.05) is 0 Å². The van der Waals surface area contributed by atoms with Gasteiger partial charge in [-0.15, -0.1) is 0 Å². The summed E-state index contributed by atoms with van der Waals surface area (Å²) in [6.45, 7) is 3.41. The molecular formula is C18H24N2O6. The van der Waals surface area contributed by atoms with Crippen LogP contribution >= 0.6 is 0 Å². The van der Waals surface area contributed by atoms with Crippen LogP contribution in [0.5, 0.6) is 5.75 Å². The minimum atomic E-state index is -0.888. The molecule has 0 fully saturated rings. The van der Waals surface area contributed by atoms with Gasteiger partial charge in [0.2, 0.25) is 12.1 Å². The molecule has 1 rings (SSSR count). The Morgan fingerprint density at radius 3 is 2.35 bits per heavy atom. The quantitative estimate of drug-likeness (QED) is 0.195. The first-order valence-electron chi connectivity index (χ1n) is 8.58. The van der Waals surface area contributed by atoms with Crippen LogP contribution in [0.1, 0.15) is 45.1 Å². The first kappa shape index (κ1) is 21.3. The SMILES string of the molecule is C/C=C/C(=O)Oc1ccccc1CC(CCCC(CC)[N+](=O)[O-])[N+](=O)[O-]. The molecule has 2 unspecified atom stereocenters. The lowest BCUT2D eigenvalue weighted by molar-refractivity contribution is -0.528. The van der Waals surface area contributed by atoms with Crippen molar-refractivity contribution in [1.29, 1.82) is 0 Å². The Balaban J connectivity index is 2.77. The van der Waals surface area contributed by atoms with Crippen LogP contribution in [0.25, 0.3) is 0 Å². The lowest BCUT2D eigenvalue weighted by atomic mass is 9.98. The number of allylic oxidation sites excluding steroid dienone is 1. The highest BCUT2D eigenvalue weighted by Crippen LogP contribution is 2.23. The molecule has 0 heterocycles. The molecule has 0 amide bonds. The molecule has 0 aromatic heterocycles. The molecule has 0 N–H and O–H groups in total. The molecule has 8 nitrogen and oxygen atoms in total. The highest BCUT2D eigenvalue weighted by molar-refractivity contribution is 5.84. The molecule has 0 bridgehead atoms. The number of hydrogen-bond donors (Lipinski definition) is 0. The Bertz CT molecular complexity index is 659. The van der Waals surface area contributed by atoms with E-state index in [2.05, 4.69) is 0 Å². The molecule has 0 aliphatic rings. The van der Waals surface area contributed by atoms with Gasteiger partial charge in [0.1, 0.15) is 5.75 Å². The molecule has 26 heavy (non-hydrogen) atoms. The van der Waals surface area contributed by atoms with Crippen LogP contribution in [0.4, 0.5) is 0 Å². The Morgan fingerprint density at radius 2 is 1.77 bits per heavy atom. The van der Waals surface area contributed by atoms with Gasteiger partial charge in [-0.2, -0.15) is 0 Å². The summed E-state index contributed by atoms with van der Waals surface area (Å²) in [5.41, 5.74) is 0.563. The van der Waals surface area contributed by atoms with Crippen LogP contribution < -0.4 is 4.74 Å². The summed E-state index contributed by atoms with van der Waals surface area (Å²) in [6, 6.07) is 5.12. The smallest absolute Gasteiger partial charge is 0.335 e. The van der Waals surface area contributed by atoms with E-state index in [9.17, 15) is 25.0 Å². The van der Waals surface area contributed by atoms with Crippen molar-refractivity contribution in [2.24, 2.45) is 0 Å². The van der Waals surface area contributed by atoms with E-state index in [0.29, 0.717) is 30.6 Å². The minimum absolute atomic E-state index is 0.0988. The van der Waals surface area contributed by atoms with Crippen LogP contribution in [0.3, 0.4) is 0 Å². The fraction of sp³-hybridized carbons (Fsp3) is 0.500. The third-order valence-corrected chi connectivity index (χ3v) is 4.08. The molecule has 0 spiro atoms. The van der Waals surface area contributed by atoms with E-state index in [1.165, 1.54) is 6.08 Å². The number of nitrogens with zero attached hydrogens (tertiary/aromatic N) is 2. The molecule has 0 aliphatic carbocycles. The summed E-state index contributed by atoms with van der Waals surface area (Å²) in [7, 11) is 0. The van der Waals surface area contributed by atoms with E-state index in [-0.39, 0.29) is 22.7 Å². The van der Waals surface area contributed by atoms with Gasteiger partial charge in [0.15, 0.2) is 0 Å². The Kier molecular flexibility index (Phi) is 8.97. The second-order valence-corrected chi connectivity index (χ2v) is 5.95. The third-order valence-electron chi connectivity index (χ3n) is 4.08. The number of carbonyl (C=O) groups is 1. The summed E-state index contributed by atoms with van der Waals surface area (Å²) in [5, 5.41) is 22.2. The predicted molar refractivity (Wildman–Crippen MR) is 96.3 cm³/mol. The number of ether oxygens (including phenoxy) is 1. The standard InChI is InChI=1S/C18H24N2O6/c1-3-8-18(21)26-17-12-6-5-9-14(17)13-16(20(24)25)11-7-10-15(4-2)19(22)23/h3,5-6,8-9,12,15-16H,4,7,10-11,13H2,1-2H3/b8-3+. The predicted octanol–water partition coefficient (Wildman–Crippen LogP) is 3.58. The van der Waals surface area contributed by atoms with Gasteiger partial charge in [-0.1, -0.05) is 31.2 Å². The molecule has 142 valence electrons. The zero-order valence-corrected chi connectivity index (χ0v) is 15.0. The molecule has 1 aromatic rings. The van der Waals surface area contributed by atoms with Crippen LogP contribution in [0.2, 0.25) is 0 Å². The molecule has 0 aliphatic heterocycles. The number of carbonyl (C=O) groups excluding carboxylic acids is 1. The average Bonchev–Trinajstić information content (AvgIpc) is 2.58. The zero-order valence-electron chi connectivity index (χ0n) is 15.0. The van der Waals surface area contributed by atoms with E-state index >= 15 is 0 Å². The molecule has 1 aromatic carbocycles. The average molecular weight is 364 g/mol. The summed E-state index contributed by atoms with van der Waals surface area (Å²) in [5.74, 6) is -0.256. The van der Waals surface area contributed by atoms with Gasteiger partial charge < -0.3 is 4.74 Å². The van der Waals surface area contributed by atoms with E-state index in [4.69, 9.17) is 4.74 Å². The van der Waals surface area contributed by atoms with Gasteiger partial charge in [0.05, 0.1) is 0 Å². The van der Waals surface area contributed by atoms with Gasteiger partial charge in [-0.3, -0.25) is 20.2 Å². The van der Waals surface area contributed by atoms with Crippen LogP contribution in [-0.2, 0) is 11.2 Å². The van der Waals surface area contributed by atoms with Crippen molar-refractivity contribution in [3.63, 3.8) is 0 Å². The van der Waals surface area contributed by atoms with Crippen LogP contribution in [0.15, 0.2) is 36.4 Å². The summed E-state index contributed by atoms with van der Waals surface area (Å²) >= 11 is 0. The third kappa shape index (κ3) is 7.00. The van der Waals surface area contributed by atoms with Crippen LogP contribution in [-0.4, -0.2) is 27.9 Å². The van der Waals surface area contributed by atoms with Crippen molar-refractivity contribution in [2.75, 3.05) is 0 Å². The van der Waals surface area contributed by atoms with Crippen molar-refractivity contribution in [3.8, 4) is 5.75 Å². The maximum atomic E-state index is 11.6. The highest BCUT2D eigenvalue weighted by Gasteiger charge is 2.25. The minimum Gasteiger partial charge on any atom is -0.423 e. The van der Waals surface area contributed by atoms with Gasteiger partial charge >= 0.3 is 5.97 Å². The van der Waals surface area contributed by atoms with Crippen LogP contribution in [0, 0.1) is 20.2 Å². The normalized spacial score (nSPS) is 13.3. The van der Waals surface area contributed by atoms with E-state index < -0.39 is 18.1 Å². The van der Waals surface area contributed by atoms with Gasteiger partial charge in [0.25, 0.3) is 0 Å². The molecule has 0 radical (unpaired) electrons. The Hall–Kier alpha value is -2.77. The molecule has 2 atom stereocenters. The largest absolute Gasteiger partial charge is 0.423 e. The maximum Gasteiger partial charge on any atom is 0.335 e. The lowest BCUT2D eigenvalue weighted by Crippen LogP contribution is -2.24. The number of para-hydroxylation sites is 1. The van der Waals surface area contributed by atoms with E-state index in [0.717, 1.165) is 0 Å². The molecule has 0 saturated carbocycles. The number of esters is 1. The summed E-state index contributed by atoms with van der Waals surface area (Å²) in [6.07, 6.45) is 4.25. The zero-order chi connectivity index (χ0) is 19.5. The number of benzene rings is 1. The maximum absolute atomic E-state index is 11.6. The topological polar surface area (TPSA) is 113 Å². The van der Waals surface area contributed by atoms with Gasteiger partial charge in [-0.25, -0.2) is 4.79 Å². The fourth-order valence-electron chi connectivity index (χ4n) is 2.63. The summed E-state index contributed by atoms with van der Waals surface area (Å²) in [4.78, 5) is 33.1. The number of hydrogen-bond acceptors (Lipinski definition) is 6. The van der Waals surface area contributed by atoms with Crippen molar-refractivity contribution in [1.82, 2.24) is 0 Å². The second-order valence-electron chi connectivity index (χ2n) is 5.95. The van der Waals surface area contributed by atoms with Crippen molar-refractivity contribution in [3.05, 3.63) is 62.2 Å². The van der Waals surface area contributed by atoms with Crippen molar-refractivity contribution in [2.45, 2.75) is 58.0 Å². The van der Waals surface area contributed by atoms with Crippen molar-refractivity contribution < 1.29 is 19.4 Å². The monoisotopic (exact) mass is 364 g/mol. The first-order chi connectivity index (χ1) is 12.4. The first-order valence-corrected chi connectivity index (χ1v) is 8.58. The fourth-order valence-corrected chi connectivity index (χ4v) is 2.63. The van der Waals surface area contributed by atoms with Gasteiger partial charge in [-0.05, 0) is 19.4 Å². The molecule has 8 heteroatoms. The number of rotatable bonds is 11. The van der Waals surface area contributed by atoms with Gasteiger partial charge in [0, 0.05) is 47.2 Å². The number of nitro groups is 2. The molecule has 0 saturated heterocycles. The van der Waals surface area contributed by atoms with E-state index in [1.54, 1.807) is 44.2 Å².